The standard InChI is InChI=1S/C25H29N3O/c1-3-27-20-7-9-23(27)25-21-13-17(2)6-8-22(21)28(24(25)14-20)16-19(10-12-29)18-5-4-11-26-15-18/h4-6,8,11-13,15,19-20,23H,3,7,9-10,14,16H2,1-2H3. The number of rotatable bonds is 6. The first-order valence-corrected chi connectivity index (χ1v) is 10.9. The molecule has 2 bridgehead atoms. The lowest BCUT2D eigenvalue weighted by Gasteiger charge is -2.35. The third-order valence-electron chi connectivity index (χ3n) is 7.08. The monoisotopic (exact) mass is 387 g/mol. The molecule has 0 radical (unpaired) electrons. The molecule has 4 heteroatoms. The smallest absolute Gasteiger partial charge is 0.120 e. The van der Waals surface area contributed by atoms with E-state index >= 15 is 0 Å². The van der Waals surface area contributed by atoms with Crippen LogP contribution in [0.15, 0.2) is 42.7 Å². The van der Waals surface area contributed by atoms with Crippen molar-refractivity contribution in [3.8, 4) is 0 Å². The van der Waals surface area contributed by atoms with Gasteiger partial charge in [-0.3, -0.25) is 9.88 Å². The number of carbonyl (C=O) groups excluding carboxylic acids is 1. The van der Waals surface area contributed by atoms with E-state index in [1.165, 1.54) is 35.0 Å². The molecule has 29 heavy (non-hydrogen) atoms. The maximum atomic E-state index is 11.5. The van der Waals surface area contributed by atoms with Crippen LogP contribution in [0, 0.1) is 6.92 Å². The molecule has 2 aliphatic rings. The summed E-state index contributed by atoms with van der Waals surface area (Å²) < 4.78 is 2.53. The highest BCUT2D eigenvalue weighted by atomic mass is 16.1. The predicted octanol–water partition coefficient (Wildman–Crippen LogP) is 4.80. The molecule has 3 atom stereocenters. The van der Waals surface area contributed by atoms with Crippen molar-refractivity contribution >= 4 is 17.2 Å². The zero-order chi connectivity index (χ0) is 20.0. The summed E-state index contributed by atoms with van der Waals surface area (Å²) in [5.41, 5.74) is 6.84. The topological polar surface area (TPSA) is 38.1 Å². The van der Waals surface area contributed by atoms with Crippen LogP contribution in [0.4, 0.5) is 0 Å². The van der Waals surface area contributed by atoms with Gasteiger partial charge in [0.05, 0.1) is 0 Å². The van der Waals surface area contributed by atoms with Crippen molar-refractivity contribution in [2.45, 2.75) is 64.1 Å². The van der Waals surface area contributed by atoms with E-state index in [0.717, 1.165) is 31.4 Å². The fourth-order valence-electron chi connectivity index (χ4n) is 5.79. The van der Waals surface area contributed by atoms with E-state index < -0.39 is 0 Å². The maximum absolute atomic E-state index is 11.5. The van der Waals surface area contributed by atoms with Gasteiger partial charge in [0.15, 0.2) is 0 Å². The minimum absolute atomic E-state index is 0.157. The SMILES string of the molecule is CCN1C2CCC1c1c(n(CC(CC=O)c3cccnc3)c3ccc(C)cc13)C2. The average molecular weight is 388 g/mol. The van der Waals surface area contributed by atoms with Crippen LogP contribution in [0.2, 0.25) is 0 Å². The number of pyridine rings is 1. The Balaban J connectivity index is 1.65. The summed E-state index contributed by atoms with van der Waals surface area (Å²) in [7, 11) is 0. The number of hydrogen-bond donors (Lipinski definition) is 0. The average Bonchev–Trinajstić information content (AvgIpc) is 3.20. The van der Waals surface area contributed by atoms with Crippen LogP contribution < -0.4 is 0 Å². The van der Waals surface area contributed by atoms with Gasteiger partial charge in [-0.05, 0) is 55.6 Å². The maximum Gasteiger partial charge on any atom is 0.120 e. The Kier molecular flexibility index (Phi) is 4.75. The van der Waals surface area contributed by atoms with Crippen molar-refractivity contribution in [1.29, 1.82) is 0 Å². The molecule has 3 unspecified atom stereocenters. The quantitative estimate of drug-likeness (QED) is 0.570. The van der Waals surface area contributed by atoms with Crippen molar-refractivity contribution in [2.24, 2.45) is 0 Å². The summed E-state index contributed by atoms with van der Waals surface area (Å²) in [4.78, 5) is 18.5. The number of nitrogens with zero attached hydrogens (tertiary/aromatic N) is 3. The summed E-state index contributed by atoms with van der Waals surface area (Å²) in [5, 5.41) is 1.42. The zero-order valence-electron chi connectivity index (χ0n) is 17.3. The minimum atomic E-state index is 0.157. The highest BCUT2D eigenvalue weighted by Crippen LogP contribution is 2.48. The van der Waals surface area contributed by atoms with Crippen molar-refractivity contribution in [3.63, 3.8) is 0 Å². The van der Waals surface area contributed by atoms with Crippen LogP contribution in [0.25, 0.3) is 10.9 Å². The van der Waals surface area contributed by atoms with Gasteiger partial charge in [0, 0.05) is 66.4 Å². The molecule has 4 nitrogen and oxygen atoms in total. The summed E-state index contributed by atoms with van der Waals surface area (Å²) >= 11 is 0. The molecule has 0 N–H and O–H groups in total. The van der Waals surface area contributed by atoms with Crippen LogP contribution in [-0.2, 0) is 17.8 Å². The Morgan fingerprint density at radius 1 is 1.28 bits per heavy atom. The molecule has 2 aliphatic heterocycles. The van der Waals surface area contributed by atoms with E-state index in [0.29, 0.717) is 18.5 Å². The van der Waals surface area contributed by atoms with Crippen molar-refractivity contribution in [1.82, 2.24) is 14.5 Å². The number of carbonyl (C=O) groups is 1. The molecule has 1 aromatic carbocycles. The van der Waals surface area contributed by atoms with Crippen LogP contribution in [0.5, 0.6) is 0 Å². The molecule has 0 saturated carbocycles. The fourth-order valence-corrected chi connectivity index (χ4v) is 5.79. The molecular formula is C25H29N3O. The molecule has 2 aromatic heterocycles. The number of fused-ring (bicyclic) bond motifs is 6. The highest BCUT2D eigenvalue weighted by molar-refractivity contribution is 5.87. The molecule has 150 valence electrons. The zero-order valence-corrected chi connectivity index (χ0v) is 17.3. The van der Waals surface area contributed by atoms with Crippen LogP contribution in [0.1, 0.15) is 60.5 Å². The summed E-state index contributed by atoms with van der Waals surface area (Å²) in [6, 6.07) is 12.2. The van der Waals surface area contributed by atoms with Crippen LogP contribution in [0.3, 0.4) is 0 Å². The molecule has 1 fully saturated rings. The number of hydrogen-bond acceptors (Lipinski definition) is 3. The Bertz CT molecular complexity index is 1040. The van der Waals surface area contributed by atoms with E-state index in [9.17, 15) is 4.79 Å². The highest BCUT2D eigenvalue weighted by Gasteiger charge is 2.42. The van der Waals surface area contributed by atoms with Gasteiger partial charge >= 0.3 is 0 Å². The van der Waals surface area contributed by atoms with E-state index in [2.05, 4.69) is 52.6 Å². The van der Waals surface area contributed by atoms with Gasteiger partial charge in [0.25, 0.3) is 0 Å². The van der Waals surface area contributed by atoms with E-state index in [1.54, 1.807) is 11.8 Å². The molecule has 0 aliphatic carbocycles. The number of aldehydes is 1. The predicted molar refractivity (Wildman–Crippen MR) is 116 cm³/mol. The lowest BCUT2D eigenvalue weighted by molar-refractivity contribution is -0.108. The normalized spacial score (nSPS) is 22.0. The van der Waals surface area contributed by atoms with Gasteiger partial charge in [-0.2, -0.15) is 0 Å². The summed E-state index contributed by atoms with van der Waals surface area (Å²) in [5.74, 6) is 0.157. The number of aryl methyl sites for hydroxylation is 1. The van der Waals surface area contributed by atoms with Crippen LogP contribution >= 0.6 is 0 Å². The van der Waals surface area contributed by atoms with E-state index in [-0.39, 0.29) is 5.92 Å². The van der Waals surface area contributed by atoms with Gasteiger partial charge in [-0.1, -0.05) is 24.6 Å². The number of aromatic nitrogens is 2. The molecule has 4 heterocycles. The summed E-state index contributed by atoms with van der Waals surface area (Å²) in [6.45, 7) is 6.44. The fraction of sp³-hybridized carbons (Fsp3) is 0.440. The molecular weight excluding hydrogens is 358 g/mol. The molecule has 0 amide bonds. The second kappa shape index (κ2) is 7.42. The van der Waals surface area contributed by atoms with Gasteiger partial charge in [0.2, 0.25) is 0 Å². The van der Waals surface area contributed by atoms with Gasteiger partial charge in [-0.15, -0.1) is 0 Å². The third kappa shape index (κ3) is 3.01. The van der Waals surface area contributed by atoms with Crippen LogP contribution in [-0.4, -0.2) is 33.3 Å². The first-order chi connectivity index (χ1) is 14.2. The van der Waals surface area contributed by atoms with Crippen molar-refractivity contribution < 1.29 is 4.79 Å². The van der Waals surface area contributed by atoms with E-state index in [4.69, 9.17) is 0 Å². The molecule has 1 saturated heterocycles. The first-order valence-electron chi connectivity index (χ1n) is 10.9. The second-order valence-corrected chi connectivity index (χ2v) is 8.66. The van der Waals surface area contributed by atoms with E-state index in [1.807, 2.05) is 12.3 Å². The largest absolute Gasteiger partial charge is 0.344 e. The van der Waals surface area contributed by atoms with Gasteiger partial charge in [0.1, 0.15) is 6.29 Å². The summed E-state index contributed by atoms with van der Waals surface area (Å²) in [6.07, 6.45) is 8.98. The van der Waals surface area contributed by atoms with Crippen molar-refractivity contribution in [2.75, 3.05) is 6.54 Å². The molecule has 5 rings (SSSR count). The Hall–Kier alpha value is -2.46. The molecule has 0 spiro atoms. The Labute approximate surface area is 172 Å². The lowest BCUT2D eigenvalue weighted by Crippen LogP contribution is -2.37. The second-order valence-electron chi connectivity index (χ2n) is 8.66. The Morgan fingerprint density at radius 2 is 2.17 bits per heavy atom. The number of benzene rings is 1. The molecule has 3 aromatic rings. The minimum Gasteiger partial charge on any atom is -0.344 e. The first kappa shape index (κ1) is 18.6. The van der Waals surface area contributed by atoms with Crippen molar-refractivity contribution in [3.05, 3.63) is 65.1 Å². The Morgan fingerprint density at radius 3 is 2.93 bits per heavy atom. The van der Waals surface area contributed by atoms with Gasteiger partial charge < -0.3 is 9.36 Å². The number of likely N-dealkylation sites (N-methyl/N-ethyl adjacent to an activating group) is 1. The van der Waals surface area contributed by atoms with Gasteiger partial charge in [-0.25, -0.2) is 0 Å². The third-order valence-corrected chi connectivity index (χ3v) is 7.08. The lowest BCUT2D eigenvalue weighted by atomic mass is 9.95.